The molecule has 0 unspecified atom stereocenters. The monoisotopic (exact) mass is 201 g/mol. The topological polar surface area (TPSA) is 32.5 Å². The van der Waals surface area contributed by atoms with Crippen LogP contribution in [0.15, 0.2) is 0 Å². The van der Waals surface area contributed by atoms with Crippen LogP contribution in [0.5, 0.6) is 0 Å². The molecule has 0 radical (unpaired) electrons. The molecule has 0 rings (SSSR count). The summed E-state index contributed by atoms with van der Waals surface area (Å²) in [6.45, 7) is 10.7. The van der Waals surface area contributed by atoms with E-state index < -0.39 is 0 Å². The van der Waals surface area contributed by atoms with Crippen molar-refractivity contribution in [3.63, 3.8) is 0 Å². The van der Waals surface area contributed by atoms with Crippen LogP contribution in [-0.2, 0) is 0 Å². The lowest BCUT2D eigenvalue weighted by Crippen LogP contribution is -2.63. The van der Waals surface area contributed by atoms with Gasteiger partial charge in [-0.05, 0) is 48.8 Å². The number of hydrogen-bond acceptors (Lipinski definition) is 3. The Bertz CT molecular complexity index is 173. The molecule has 0 saturated carbocycles. The maximum Gasteiger partial charge on any atom is 0.0328 e. The van der Waals surface area contributed by atoms with E-state index in [0.29, 0.717) is 6.54 Å². The molecule has 0 aromatic heterocycles. The highest BCUT2D eigenvalue weighted by Crippen LogP contribution is 2.30. The number of rotatable bonds is 5. The molecule has 2 N–H and O–H groups in total. The first kappa shape index (κ1) is 13.9. The fraction of sp³-hybridized carbons (Fsp3) is 1.00. The van der Waals surface area contributed by atoms with Crippen LogP contribution in [0.25, 0.3) is 0 Å². The summed E-state index contributed by atoms with van der Waals surface area (Å²) in [5.41, 5.74) is 5.82. The maximum absolute atomic E-state index is 5.59. The first-order chi connectivity index (χ1) is 6.17. The van der Waals surface area contributed by atoms with Crippen LogP contribution in [0, 0.1) is 0 Å². The van der Waals surface area contributed by atoms with Crippen LogP contribution in [-0.4, -0.2) is 55.1 Å². The molecule has 0 spiro atoms. The van der Waals surface area contributed by atoms with E-state index in [0.717, 1.165) is 6.54 Å². The van der Waals surface area contributed by atoms with Crippen molar-refractivity contribution in [2.75, 3.05) is 34.2 Å². The summed E-state index contributed by atoms with van der Waals surface area (Å²) in [5, 5.41) is 0. The van der Waals surface area contributed by atoms with Gasteiger partial charge < -0.3 is 10.6 Å². The van der Waals surface area contributed by atoms with Gasteiger partial charge in [0.25, 0.3) is 0 Å². The fourth-order valence-corrected chi connectivity index (χ4v) is 1.49. The number of likely N-dealkylation sites (N-methyl/N-ethyl adjacent to an activating group) is 2. The average molecular weight is 201 g/mol. The van der Waals surface area contributed by atoms with Crippen LogP contribution < -0.4 is 5.73 Å². The van der Waals surface area contributed by atoms with E-state index >= 15 is 0 Å². The molecule has 0 aromatic rings. The third-order valence-corrected chi connectivity index (χ3v) is 4.03. The minimum Gasteiger partial charge on any atom is -0.329 e. The summed E-state index contributed by atoms with van der Waals surface area (Å²) >= 11 is 0. The van der Waals surface area contributed by atoms with Gasteiger partial charge in [-0.2, -0.15) is 0 Å². The Labute approximate surface area is 89.2 Å². The Morgan fingerprint density at radius 2 is 1.36 bits per heavy atom. The molecule has 14 heavy (non-hydrogen) atoms. The minimum absolute atomic E-state index is 0.107. The summed E-state index contributed by atoms with van der Waals surface area (Å²) in [7, 11) is 6.38. The van der Waals surface area contributed by atoms with E-state index in [9.17, 15) is 0 Å². The molecular weight excluding hydrogens is 174 g/mol. The maximum atomic E-state index is 5.59. The molecule has 0 heterocycles. The second-order valence-electron chi connectivity index (χ2n) is 5.22. The number of nitrogens with zero attached hydrogens (tertiary/aromatic N) is 2. The van der Waals surface area contributed by atoms with Gasteiger partial charge in [-0.25, -0.2) is 0 Å². The first-order valence-corrected chi connectivity index (χ1v) is 5.26. The van der Waals surface area contributed by atoms with Crippen molar-refractivity contribution in [2.45, 2.75) is 38.8 Å². The third-order valence-electron chi connectivity index (χ3n) is 4.03. The molecule has 0 aliphatic heterocycles. The van der Waals surface area contributed by atoms with Crippen molar-refractivity contribution in [1.29, 1.82) is 0 Å². The summed E-state index contributed by atoms with van der Waals surface area (Å²) in [5.74, 6) is 0. The Morgan fingerprint density at radius 3 is 1.64 bits per heavy atom. The molecule has 0 fully saturated rings. The highest BCUT2D eigenvalue weighted by Gasteiger charge is 2.41. The predicted octanol–water partition coefficient (Wildman–Crippen LogP) is 0.996. The zero-order valence-corrected chi connectivity index (χ0v) is 10.9. The molecular formula is C11H27N3. The second-order valence-corrected chi connectivity index (χ2v) is 5.22. The summed E-state index contributed by atoms with van der Waals surface area (Å²) in [4.78, 5) is 4.59. The molecule has 0 saturated heterocycles. The second kappa shape index (κ2) is 4.60. The predicted molar refractivity (Wildman–Crippen MR) is 63.5 cm³/mol. The van der Waals surface area contributed by atoms with Crippen LogP contribution in [0.2, 0.25) is 0 Å². The van der Waals surface area contributed by atoms with E-state index in [1.54, 1.807) is 0 Å². The summed E-state index contributed by atoms with van der Waals surface area (Å²) < 4.78 is 0. The van der Waals surface area contributed by atoms with Crippen molar-refractivity contribution >= 4 is 0 Å². The van der Waals surface area contributed by atoms with Gasteiger partial charge in [0.1, 0.15) is 0 Å². The van der Waals surface area contributed by atoms with Gasteiger partial charge in [-0.3, -0.25) is 4.90 Å². The van der Waals surface area contributed by atoms with Gasteiger partial charge in [-0.1, -0.05) is 0 Å². The van der Waals surface area contributed by atoms with Gasteiger partial charge in [-0.15, -0.1) is 0 Å². The van der Waals surface area contributed by atoms with Crippen LogP contribution >= 0.6 is 0 Å². The smallest absolute Gasteiger partial charge is 0.0328 e. The normalized spacial score (nSPS) is 14.1. The molecule has 0 atom stereocenters. The number of nitrogens with two attached hydrogens (primary N) is 1. The lowest BCUT2D eigenvalue weighted by Gasteiger charge is -2.51. The largest absolute Gasteiger partial charge is 0.329 e. The zero-order valence-electron chi connectivity index (χ0n) is 10.9. The van der Waals surface area contributed by atoms with Gasteiger partial charge in [0.2, 0.25) is 0 Å². The third kappa shape index (κ3) is 2.47. The SMILES string of the molecule is CN(C)C(C)(C)C(C)(C)N(C)CCN. The van der Waals surface area contributed by atoms with Crippen molar-refractivity contribution < 1.29 is 0 Å². The van der Waals surface area contributed by atoms with Gasteiger partial charge in [0.15, 0.2) is 0 Å². The summed E-state index contributed by atoms with van der Waals surface area (Å²) in [6, 6.07) is 0. The minimum atomic E-state index is 0.107. The Morgan fingerprint density at radius 1 is 0.929 bits per heavy atom. The Hall–Kier alpha value is -0.120. The average Bonchev–Trinajstić information content (AvgIpc) is 2.04. The molecule has 0 bridgehead atoms. The van der Waals surface area contributed by atoms with E-state index in [1.807, 2.05) is 0 Å². The molecule has 0 aliphatic rings. The highest BCUT2D eigenvalue weighted by molar-refractivity contribution is 5.00. The Kier molecular flexibility index (Phi) is 4.56. The zero-order chi connectivity index (χ0) is 11.6. The van der Waals surface area contributed by atoms with Crippen LogP contribution in [0.1, 0.15) is 27.7 Å². The lowest BCUT2D eigenvalue weighted by atomic mass is 9.80. The van der Waals surface area contributed by atoms with Gasteiger partial charge in [0.05, 0.1) is 0 Å². The quantitative estimate of drug-likeness (QED) is 0.720. The fourth-order valence-electron chi connectivity index (χ4n) is 1.49. The van der Waals surface area contributed by atoms with Crippen LogP contribution in [0.4, 0.5) is 0 Å². The summed E-state index contributed by atoms with van der Waals surface area (Å²) in [6.07, 6.45) is 0. The van der Waals surface area contributed by atoms with Gasteiger partial charge in [0, 0.05) is 24.2 Å². The van der Waals surface area contributed by atoms with Crippen LogP contribution in [0.3, 0.4) is 0 Å². The van der Waals surface area contributed by atoms with Crippen molar-refractivity contribution in [2.24, 2.45) is 5.73 Å². The van der Waals surface area contributed by atoms with Crippen molar-refractivity contribution in [3.05, 3.63) is 0 Å². The molecule has 3 heteroatoms. The molecule has 86 valence electrons. The van der Waals surface area contributed by atoms with E-state index in [1.165, 1.54) is 0 Å². The van der Waals surface area contributed by atoms with E-state index in [-0.39, 0.29) is 11.1 Å². The first-order valence-electron chi connectivity index (χ1n) is 5.26. The standard InChI is InChI=1S/C11H27N3/c1-10(2,13(5)6)11(3,4)14(7)9-8-12/h8-9,12H2,1-7H3. The molecule has 0 aromatic carbocycles. The van der Waals surface area contributed by atoms with E-state index in [4.69, 9.17) is 5.73 Å². The lowest BCUT2D eigenvalue weighted by molar-refractivity contribution is 0.00283. The highest BCUT2D eigenvalue weighted by atomic mass is 15.3. The Balaban J connectivity index is 4.74. The molecule has 3 nitrogen and oxygen atoms in total. The van der Waals surface area contributed by atoms with E-state index in [2.05, 4.69) is 58.6 Å². The molecule has 0 amide bonds. The van der Waals surface area contributed by atoms with Crippen molar-refractivity contribution in [1.82, 2.24) is 9.80 Å². The van der Waals surface area contributed by atoms with Gasteiger partial charge >= 0.3 is 0 Å². The van der Waals surface area contributed by atoms with Crippen molar-refractivity contribution in [3.8, 4) is 0 Å². The number of hydrogen-bond donors (Lipinski definition) is 1. The molecule has 0 aliphatic carbocycles.